The van der Waals surface area contributed by atoms with Crippen LogP contribution in [0, 0.1) is 6.92 Å². The van der Waals surface area contributed by atoms with Gasteiger partial charge in [0.2, 0.25) is 0 Å². The molecule has 1 aliphatic heterocycles. The Morgan fingerprint density at radius 3 is 2.83 bits per heavy atom. The summed E-state index contributed by atoms with van der Waals surface area (Å²) < 4.78 is 7.63. The third-order valence-corrected chi connectivity index (χ3v) is 8.23. The Kier molecular flexibility index (Phi) is 6.32. The fraction of sp³-hybridized carbons (Fsp3) is 0.231. The highest BCUT2D eigenvalue weighted by molar-refractivity contribution is 7.17. The first-order valence-corrected chi connectivity index (χ1v) is 13.4. The van der Waals surface area contributed by atoms with E-state index in [1.807, 2.05) is 43.3 Å². The van der Waals surface area contributed by atoms with E-state index in [0.717, 1.165) is 65.3 Å². The number of hydrogen-bond acceptors (Lipinski definition) is 8. The van der Waals surface area contributed by atoms with Crippen molar-refractivity contribution < 1.29 is 9.53 Å². The van der Waals surface area contributed by atoms with Gasteiger partial charge in [0, 0.05) is 60.4 Å². The van der Waals surface area contributed by atoms with Crippen molar-refractivity contribution in [2.75, 3.05) is 31.6 Å². The van der Waals surface area contributed by atoms with Crippen molar-refractivity contribution in [3.8, 4) is 21.8 Å². The molecule has 1 saturated heterocycles. The topological polar surface area (TPSA) is 84.7 Å². The van der Waals surface area contributed by atoms with Gasteiger partial charge in [-0.25, -0.2) is 9.97 Å². The van der Waals surface area contributed by atoms with Crippen LogP contribution in [0.25, 0.3) is 26.8 Å². The molecule has 0 spiro atoms. The number of carbonyl (C=O) groups excluding carboxylic acids is 1. The molecule has 36 heavy (non-hydrogen) atoms. The maximum atomic E-state index is 13.3. The number of aryl methyl sites for hydroxylation is 1. The van der Waals surface area contributed by atoms with Crippen LogP contribution in [0.15, 0.2) is 60.4 Å². The number of rotatable bonds is 6. The van der Waals surface area contributed by atoms with Crippen molar-refractivity contribution in [1.82, 2.24) is 24.3 Å². The number of aromatic nitrogens is 4. The van der Waals surface area contributed by atoms with Crippen LogP contribution < -0.4 is 5.32 Å². The van der Waals surface area contributed by atoms with Gasteiger partial charge in [0.15, 0.2) is 4.96 Å². The molecule has 0 aliphatic carbocycles. The summed E-state index contributed by atoms with van der Waals surface area (Å²) >= 11 is 3.00. The number of para-hydroxylation sites is 1. The molecular weight excluding hydrogens is 492 g/mol. The molecule has 6 rings (SSSR count). The number of imidazole rings is 1. The van der Waals surface area contributed by atoms with E-state index in [4.69, 9.17) is 9.72 Å². The van der Waals surface area contributed by atoms with E-state index < -0.39 is 0 Å². The molecule has 1 amide bonds. The monoisotopic (exact) mass is 516 g/mol. The molecule has 0 unspecified atom stereocenters. The highest BCUT2D eigenvalue weighted by Crippen LogP contribution is 2.32. The molecule has 1 aliphatic rings. The molecule has 0 saturated carbocycles. The van der Waals surface area contributed by atoms with E-state index in [1.165, 1.54) is 17.0 Å². The zero-order chi connectivity index (χ0) is 24.5. The van der Waals surface area contributed by atoms with E-state index in [2.05, 4.69) is 36.2 Å². The van der Waals surface area contributed by atoms with Crippen LogP contribution in [0.3, 0.4) is 0 Å². The summed E-state index contributed by atoms with van der Waals surface area (Å²) in [5.41, 5.74) is 5.24. The molecule has 0 radical (unpaired) electrons. The molecule has 8 nitrogen and oxygen atoms in total. The first kappa shape index (κ1) is 23.0. The highest BCUT2D eigenvalue weighted by Gasteiger charge is 2.20. The summed E-state index contributed by atoms with van der Waals surface area (Å²) in [6, 6.07) is 11.6. The Hall–Kier alpha value is -3.44. The first-order chi connectivity index (χ1) is 17.7. The number of carbonyl (C=O) groups is 1. The van der Waals surface area contributed by atoms with Crippen LogP contribution in [0.1, 0.15) is 21.1 Å². The smallest absolute Gasteiger partial charge is 0.267 e. The largest absolute Gasteiger partial charge is 0.379 e. The second-order valence-electron chi connectivity index (χ2n) is 8.57. The van der Waals surface area contributed by atoms with Crippen LogP contribution in [-0.4, -0.2) is 56.5 Å². The van der Waals surface area contributed by atoms with Crippen molar-refractivity contribution in [2.24, 2.45) is 0 Å². The Morgan fingerprint density at radius 2 is 2.00 bits per heavy atom. The summed E-state index contributed by atoms with van der Waals surface area (Å²) in [4.78, 5) is 30.8. The summed E-state index contributed by atoms with van der Waals surface area (Å²) in [6.45, 7) is 6.15. The predicted octanol–water partition coefficient (Wildman–Crippen LogP) is 4.97. The van der Waals surface area contributed by atoms with E-state index >= 15 is 0 Å². The molecule has 5 aromatic rings. The summed E-state index contributed by atoms with van der Waals surface area (Å²) in [7, 11) is 0. The molecule has 5 heterocycles. The van der Waals surface area contributed by atoms with Gasteiger partial charge in [0.1, 0.15) is 9.88 Å². The van der Waals surface area contributed by atoms with E-state index in [0.29, 0.717) is 10.6 Å². The maximum absolute atomic E-state index is 13.3. The summed E-state index contributed by atoms with van der Waals surface area (Å²) in [6.07, 6.45) is 5.54. The van der Waals surface area contributed by atoms with Crippen molar-refractivity contribution in [2.45, 2.75) is 13.5 Å². The molecule has 182 valence electrons. The third kappa shape index (κ3) is 4.56. The molecule has 4 aromatic heterocycles. The van der Waals surface area contributed by atoms with Gasteiger partial charge in [-0.15, -0.1) is 22.7 Å². The number of ether oxygens (including phenoxy) is 1. The number of nitrogens with one attached hydrogen (secondary N) is 1. The lowest BCUT2D eigenvalue weighted by Gasteiger charge is -2.26. The van der Waals surface area contributed by atoms with Crippen LogP contribution >= 0.6 is 22.7 Å². The van der Waals surface area contributed by atoms with Gasteiger partial charge in [-0.1, -0.05) is 18.2 Å². The van der Waals surface area contributed by atoms with Gasteiger partial charge in [0.25, 0.3) is 5.91 Å². The lowest BCUT2D eigenvalue weighted by molar-refractivity contribution is 0.0336. The van der Waals surface area contributed by atoms with Gasteiger partial charge in [-0.3, -0.25) is 19.1 Å². The average Bonchev–Trinajstić information content (AvgIpc) is 3.61. The lowest BCUT2D eigenvalue weighted by Crippen LogP contribution is -2.35. The Bertz CT molecular complexity index is 1520. The van der Waals surface area contributed by atoms with Gasteiger partial charge < -0.3 is 10.1 Å². The number of nitrogens with zero attached hydrogens (tertiary/aromatic N) is 5. The minimum absolute atomic E-state index is 0.179. The lowest BCUT2D eigenvalue weighted by atomic mass is 10.1. The second-order valence-corrected chi connectivity index (χ2v) is 10.4. The van der Waals surface area contributed by atoms with E-state index in [-0.39, 0.29) is 5.91 Å². The minimum atomic E-state index is -0.179. The minimum Gasteiger partial charge on any atom is -0.379 e. The molecular formula is C26H24N6O2S2. The van der Waals surface area contributed by atoms with Crippen molar-refractivity contribution in [3.05, 3.63) is 76.6 Å². The van der Waals surface area contributed by atoms with E-state index in [1.54, 1.807) is 23.7 Å². The second kappa shape index (κ2) is 9.90. The maximum Gasteiger partial charge on any atom is 0.267 e. The van der Waals surface area contributed by atoms with Crippen LogP contribution in [0.4, 0.5) is 5.69 Å². The van der Waals surface area contributed by atoms with Crippen molar-refractivity contribution >= 4 is 39.2 Å². The molecule has 1 N–H and O–H groups in total. The number of benzene rings is 1. The fourth-order valence-corrected chi connectivity index (χ4v) is 6.09. The van der Waals surface area contributed by atoms with Gasteiger partial charge in [-0.05, 0) is 25.1 Å². The van der Waals surface area contributed by atoms with Crippen molar-refractivity contribution in [3.63, 3.8) is 0 Å². The third-order valence-electron chi connectivity index (χ3n) is 6.14. The fourth-order valence-electron chi connectivity index (χ4n) is 4.28. The zero-order valence-corrected chi connectivity index (χ0v) is 21.3. The number of amides is 1. The van der Waals surface area contributed by atoms with Crippen LogP contribution in [-0.2, 0) is 11.3 Å². The van der Waals surface area contributed by atoms with Crippen LogP contribution in [0.2, 0.25) is 0 Å². The SMILES string of the molecule is Cc1nc(-c2cccnc2)sc1C(=O)Nc1ccccc1-c1cn2c(CN3CCOCC3)csc2n1. The van der Waals surface area contributed by atoms with Crippen LogP contribution in [0.5, 0.6) is 0 Å². The molecule has 0 bridgehead atoms. The van der Waals surface area contributed by atoms with Crippen molar-refractivity contribution in [1.29, 1.82) is 0 Å². The quantitative estimate of drug-likeness (QED) is 0.343. The Labute approximate surface area is 216 Å². The van der Waals surface area contributed by atoms with Gasteiger partial charge >= 0.3 is 0 Å². The van der Waals surface area contributed by atoms with Gasteiger partial charge in [0.05, 0.1) is 30.3 Å². The van der Waals surface area contributed by atoms with E-state index in [9.17, 15) is 4.79 Å². The Balaban J connectivity index is 1.26. The Morgan fingerprint density at radius 1 is 1.14 bits per heavy atom. The summed E-state index contributed by atoms with van der Waals surface area (Å²) in [5, 5.41) is 6.04. The standard InChI is InChI=1S/C26H24N6O2S2/c1-17-23(36-25(28-17)18-5-4-8-27-13-18)24(33)29-21-7-3-2-6-20(21)22-15-32-19(16-35-26(32)30-22)14-31-9-11-34-12-10-31/h2-8,13,15-16H,9-12,14H2,1H3,(H,29,33). The number of fused-ring (bicyclic) bond motifs is 1. The number of thiazole rings is 2. The number of hydrogen-bond donors (Lipinski definition) is 1. The number of pyridine rings is 1. The molecule has 1 aromatic carbocycles. The number of anilines is 1. The molecule has 1 fully saturated rings. The average molecular weight is 517 g/mol. The highest BCUT2D eigenvalue weighted by atomic mass is 32.1. The number of morpholine rings is 1. The summed E-state index contributed by atoms with van der Waals surface area (Å²) in [5.74, 6) is -0.179. The predicted molar refractivity (Wildman–Crippen MR) is 143 cm³/mol. The van der Waals surface area contributed by atoms with Gasteiger partial charge in [-0.2, -0.15) is 0 Å². The molecule has 0 atom stereocenters. The zero-order valence-electron chi connectivity index (χ0n) is 19.7. The molecule has 10 heteroatoms. The first-order valence-electron chi connectivity index (χ1n) is 11.7. The normalized spacial score (nSPS) is 14.4.